The molecule has 0 aliphatic rings. The van der Waals surface area contributed by atoms with E-state index in [4.69, 9.17) is 19.2 Å². The number of para-hydroxylation sites is 1. The molecule has 8 heteroatoms. The minimum absolute atomic E-state index is 0.258. The number of rotatable bonds is 8. The summed E-state index contributed by atoms with van der Waals surface area (Å²) in [6.45, 7) is 2.54. The summed E-state index contributed by atoms with van der Waals surface area (Å²) in [6.07, 6.45) is -0.512. The van der Waals surface area contributed by atoms with E-state index in [0.29, 0.717) is 34.9 Å². The van der Waals surface area contributed by atoms with Crippen molar-refractivity contribution in [3.8, 4) is 22.8 Å². The van der Waals surface area contributed by atoms with Gasteiger partial charge in [0.15, 0.2) is 11.5 Å². The second-order valence-electron chi connectivity index (χ2n) is 6.55. The monoisotopic (exact) mass is 423 g/mol. The molecule has 162 valence electrons. The average Bonchev–Trinajstić information content (AvgIpc) is 2.80. The standard InChI is InChI=1S/C23H25N3O5/c1-4-31-23(28)25-12-11-24-22(27)17-14-19(26-18-8-6-5-7-16(17)18)15-9-10-20(29-2)21(13-15)30-3/h5-10,13-14H,4,11-12H2,1-3H3,(H,24,27)(H,25,28). The number of carbonyl (C=O) groups is 2. The van der Waals surface area contributed by atoms with Gasteiger partial charge in [0.1, 0.15) is 0 Å². The second-order valence-corrected chi connectivity index (χ2v) is 6.55. The Morgan fingerprint density at radius 2 is 1.68 bits per heavy atom. The lowest BCUT2D eigenvalue weighted by atomic mass is 10.0. The van der Waals surface area contributed by atoms with Gasteiger partial charge in [-0.25, -0.2) is 9.78 Å². The second kappa shape index (κ2) is 10.3. The van der Waals surface area contributed by atoms with E-state index in [1.165, 1.54) is 0 Å². The Morgan fingerprint density at radius 3 is 2.42 bits per heavy atom. The van der Waals surface area contributed by atoms with Crippen LogP contribution in [0, 0.1) is 0 Å². The zero-order valence-electron chi connectivity index (χ0n) is 17.7. The first kappa shape index (κ1) is 21.9. The van der Waals surface area contributed by atoms with E-state index in [0.717, 1.165) is 10.9 Å². The van der Waals surface area contributed by atoms with Crippen LogP contribution in [0.4, 0.5) is 4.79 Å². The predicted octanol–water partition coefficient (Wildman–Crippen LogP) is 3.39. The zero-order chi connectivity index (χ0) is 22.2. The van der Waals surface area contributed by atoms with Crippen molar-refractivity contribution in [3.63, 3.8) is 0 Å². The number of hydrogen-bond donors (Lipinski definition) is 2. The Bertz CT molecular complexity index is 1080. The molecule has 0 aliphatic carbocycles. The summed E-state index contributed by atoms with van der Waals surface area (Å²) in [4.78, 5) is 29.0. The molecule has 0 spiro atoms. The molecule has 2 N–H and O–H groups in total. The van der Waals surface area contributed by atoms with E-state index in [1.54, 1.807) is 33.3 Å². The fourth-order valence-corrected chi connectivity index (χ4v) is 3.12. The van der Waals surface area contributed by atoms with Gasteiger partial charge in [0.25, 0.3) is 5.91 Å². The number of nitrogens with zero attached hydrogens (tertiary/aromatic N) is 1. The van der Waals surface area contributed by atoms with Gasteiger partial charge < -0.3 is 24.8 Å². The maximum Gasteiger partial charge on any atom is 0.407 e. The molecule has 0 saturated carbocycles. The van der Waals surface area contributed by atoms with Crippen LogP contribution in [-0.2, 0) is 4.74 Å². The fraction of sp³-hybridized carbons (Fsp3) is 0.261. The Labute approximate surface area is 180 Å². The molecule has 31 heavy (non-hydrogen) atoms. The van der Waals surface area contributed by atoms with Crippen LogP contribution in [0.5, 0.6) is 11.5 Å². The van der Waals surface area contributed by atoms with Crippen molar-refractivity contribution in [2.24, 2.45) is 0 Å². The molecular formula is C23H25N3O5. The topological polar surface area (TPSA) is 98.8 Å². The number of methoxy groups -OCH3 is 2. The van der Waals surface area contributed by atoms with Crippen LogP contribution < -0.4 is 20.1 Å². The van der Waals surface area contributed by atoms with Gasteiger partial charge in [0.05, 0.1) is 37.6 Å². The van der Waals surface area contributed by atoms with Gasteiger partial charge in [-0.2, -0.15) is 0 Å². The quantitative estimate of drug-likeness (QED) is 0.539. The third kappa shape index (κ3) is 5.22. The molecule has 2 amide bonds. The SMILES string of the molecule is CCOC(=O)NCCNC(=O)c1cc(-c2ccc(OC)c(OC)c2)nc2ccccc12. The maximum atomic E-state index is 12.9. The van der Waals surface area contributed by atoms with Crippen molar-refractivity contribution < 1.29 is 23.8 Å². The molecule has 0 bridgehead atoms. The number of aromatic nitrogens is 1. The number of nitrogens with one attached hydrogen (secondary N) is 2. The summed E-state index contributed by atoms with van der Waals surface area (Å²) >= 11 is 0. The van der Waals surface area contributed by atoms with Crippen LogP contribution in [-0.4, -0.2) is 50.9 Å². The summed E-state index contributed by atoms with van der Waals surface area (Å²) in [5.41, 5.74) is 2.62. The molecule has 0 radical (unpaired) electrons. The predicted molar refractivity (Wildman–Crippen MR) is 118 cm³/mol. The van der Waals surface area contributed by atoms with Crippen molar-refractivity contribution in [1.82, 2.24) is 15.6 Å². The Balaban J connectivity index is 1.88. The first-order valence-corrected chi connectivity index (χ1v) is 9.88. The highest BCUT2D eigenvalue weighted by molar-refractivity contribution is 6.07. The average molecular weight is 423 g/mol. The Kier molecular flexibility index (Phi) is 7.26. The summed E-state index contributed by atoms with van der Waals surface area (Å²) in [5.74, 6) is 0.927. The molecule has 0 fully saturated rings. The lowest BCUT2D eigenvalue weighted by molar-refractivity contribution is 0.0954. The van der Waals surface area contributed by atoms with Gasteiger partial charge >= 0.3 is 6.09 Å². The number of carbonyl (C=O) groups excluding carboxylic acids is 2. The minimum atomic E-state index is -0.512. The molecule has 8 nitrogen and oxygen atoms in total. The lowest BCUT2D eigenvalue weighted by Crippen LogP contribution is -2.35. The summed E-state index contributed by atoms with van der Waals surface area (Å²) < 4.78 is 15.5. The molecule has 2 aromatic carbocycles. The summed E-state index contributed by atoms with van der Waals surface area (Å²) in [6, 6.07) is 14.7. The highest BCUT2D eigenvalue weighted by Crippen LogP contribution is 2.33. The van der Waals surface area contributed by atoms with Gasteiger partial charge in [-0.15, -0.1) is 0 Å². The molecular weight excluding hydrogens is 398 g/mol. The molecule has 3 aromatic rings. The minimum Gasteiger partial charge on any atom is -0.493 e. The number of ether oxygens (including phenoxy) is 3. The van der Waals surface area contributed by atoms with E-state index in [2.05, 4.69) is 10.6 Å². The number of hydrogen-bond acceptors (Lipinski definition) is 6. The van der Waals surface area contributed by atoms with Crippen molar-refractivity contribution in [1.29, 1.82) is 0 Å². The molecule has 0 atom stereocenters. The van der Waals surface area contributed by atoms with Crippen LogP contribution >= 0.6 is 0 Å². The number of benzene rings is 2. The Morgan fingerprint density at radius 1 is 0.935 bits per heavy atom. The number of fused-ring (bicyclic) bond motifs is 1. The largest absolute Gasteiger partial charge is 0.493 e. The molecule has 3 rings (SSSR count). The number of pyridine rings is 1. The summed E-state index contributed by atoms with van der Waals surface area (Å²) in [7, 11) is 3.14. The number of amides is 2. The van der Waals surface area contributed by atoms with E-state index in [1.807, 2.05) is 36.4 Å². The third-order valence-electron chi connectivity index (χ3n) is 4.60. The van der Waals surface area contributed by atoms with Gasteiger partial charge in [-0.1, -0.05) is 18.2 Å². The van der Waals surface area contributed by atoms with Crippen LogP contribution in [0.15, 0.2) is 48.5 Å². The third-order valence-corrected chi connectivity index (χ3v) is 4.60. The first-order chi connectivity index (χ1) is 15.1. The van der Waals surface area contributed by atoms with Crippen molar-refractivity contribution in [3.05, 3.63) is 54.1 Å². The normalized spacial score (nSPS) is 10.4. The van der Waals surface area contributed by atoms with Crippen LogP contribution in [0.3, 0.4) is 0 Å². The van der Waals surface area contributed by atoms with Crippen molar-refractivity contribution in [2.45, 2.75) is 6.92 Å². The van der Waals surface area contributed by atoms with E-state index < -0.39 is 6.09 Å². The first-order valence-electron chi connectivity index (χ1n) is 9.88. The van der Waals surface area contributed by atoms with Crippen LogP contribution in [0.25, 0.3) is 22.2 Å². The van der Waals surface area contributed by atoms with Crippen LogP contribution in [0.2, 0.25) is 0 Å². The van der Waals surface area contributed by atoms with Gasteiger partial charge in [-0.3, -0.25) is 4.79 Å². The van der Waals surface area contributed by atoms with Gasteiger partial charge in [-0.05, 0) is 37.3 Å². The molecule has 0 unspecified atom stereocenters. The highest BCUT2D eigenvalue weighted by Gasteiger charge is 2.15. The van der Waals surface area contributed by atoms with E-state index in [-0.39, 0.29) is 19.0 Å². The lowest BCUT2D eigenvalue weighted by Gasteiger charge is -2.13. The van der Waals surface area contributed by atoms with Gasteiger partial charge in [0.2, 0.25) is 0 Å². The number of alkyl carbamates (subject to hydrolysis) is 1. The molecule has 1 aromatic heterocycles. The molecule has 1 heterocycles. The zero-order valence-corrected chi connectivity index (χ0v) is 17.7. The van der Waals surface area contributed by atoms with Gasteiger partial charge in [0, 0.05) is 24.0 Å². The summed E-state index contributed by atoms with van der Waals surface area (Å²) in [5, 5.41) is 6.14. The molecule has 0 saturated heterocycles. The van der Waals surface area contributed by atoms with Crippen LogP contribution in [0.1, 0.15) is 17.3 Å². The Hall–Kier alpha value is -3.81. The van der Waals surface area contributed by atoms with E-state index in [9.17, 15) is 9.59 Å². The van der Waals surface area contributed by atoms with E-state index >= 15 is 0 Å². The maximum absolute atomic E-state index is 12.9. The highest BCUT2D eigenvalue weighted by atomic mass is 16.5. The fourth-order valence-electron chi connectivity index (χ4n) is 3.12. The van der Waals surface area contributed by atoms with Crippen molar-refractivity contribution >= 4 is 22.9 Å². The molecule has 0 aliphatic heterocycles. The smallest absolute Gasteiger partial charge is 0.407 e. The van der Waals surface area contributed by atoms with Crippen molar-refractivity contribution in [2.75, 3.05) is 33.9 Å².